The summed E-state index contributed by atoms with van der Waals surface area (Å²) in [6.45, 7) is 5.53. The van der Waals surface area contributed by atoms with Gasteiger partial charge in [-0.25, -0.2) is 13.2 Å². The minimum atomic E-state index is -3.83. The van der Waals surface area contributed by atoms with Gasteiger partial charge in [0.1, 0.15) is 5.75 Å². The maximum Gasteiger partial charge on any atom is 0.338 e. The number of hydrogen-bond donors (Lipinski definition) is 1. The van der Waals surface area contributed by atoms with Crippen molar-refractivity contribution >= 4 is 21.7 Å². The molecule has 0 unspecified atom stereocenters. The molecule has 134 valence electrons. The van der Waals surface area contributed by atoms with Crippen LogP contribution in [0.1, 0.15) is 29.8 Å². The van der Waals surface area contributed by atoms with E-state index in [1.165, 1.54) is 19.2 Å². The van der Waals surface area contributed by atoms with Crippen LogP contribution in [-0.4, -0.2) is 27.6 Å². The molecule has 0 fully saturated rings. The highest BCUT2D eigenvalue weighted by Gasteiger charge is 2.18. The second kappa shape index (κ2) is 7.57. The number of sulfonamides is 1. The molecule has 7 heteroatoms. The molecule has 0 aliphatic heterocycles. The summed E-state index contributed by atoms with van der Waals surface area (Å²) in [6, 6.07) is 10.9. The molecule has 0 aromatic heterocycles. The van der Waals surface area contributed by atoms with Gasteiger partial charge in [-0.05, 0) is 62.7 Å². The number of methoxy groups -OCH3 is 1. The van der Waals surface area contributed by atoms with Crippen LogP contribution in [0.3, 0.4) is 0 Å². The second-order valence-electron chi connectivity index (χ2n) is 5.76. The summed E-state index contributed by atoms with van der Waals surface area (Å²) >= 11 is 0. The van der Waals surface area contributed by atoms with E-state index in [0.29, 0.717) is 17.0 Å². The number of hydrogen-bond acceptors (Lipinski definition) is 5. The van der Waals surface area contributed by atoms with Crippen LogP contribution >= 0.6 is 0 Å². The summed E-state index contributed by atoms with van der Waals surface area (Å²) in [4.78, 5) is 11.7. The Kier molecular flexibility index (Phi) is 5.69. The van der Waals surface area contributed by atoms with Crippen molar-refractivity contribution in [2.45, 2.75) is 31.8 Å². The number of nitrogens with one attached hydrogen (secondary N) is 1. The van der Waals surface area contributed by atoms with Crippen molar-refractivity contribution in [1.82, 2.24) is 0 Å². The Morgan fingerprint density at radius 1 is 1.08 bits per heavy atom. The molecule has 0 radical (unpaired) electrons. The molecule has 0 amide bonds. The molecule has 0 aliphatic rings. The van der Waals surface area contributed by atoms with E-state index in [2.05, 4.69) is 9.46 Å². The van der Waals surface area contributed by atoms with Gasteiger partial charge in [0.2, 0.25) is 0 Å². The number of rotatable bonds is 6. The van der Waals surface area contributed by atoms with E-state index in [1.807, 2.05) is 13.8 Å². The molecule has 25 heavy (non-hydrogen) atoms. The van der Waals surface area contributed by atoms with E-state index in [9.17, 15) is 13.2 Å². The number of ether oxygens (including phenoxy) is 2. The molecule has 0 aliphatic carbocycles. The second-order valence-corrected chi connectivity index (χ2v) is 7.45. The molecular formula is C18H21NO5S. The first-order valence-electron chi connectivity index (χ1n) is 7.71. The number of benzene rings is 2. The van der Waals surface area contributed by atoms with Gasteiger partial charge in [0.15, 0.2) is 0 Å². The van der Waals surface area contributed by atoms with Crippen LogP contribution in [0.5, 0.6) is 5.75 Å². The van der Waals surface area contributed by atoms with Crippen molar-refractivity contribution in [3.05, 3.63) is 53.6 Å². The molecule has 2 aromatic rings. The van der Waals surface area contributed by atoms with Crippen molar-refractivity contribution in [2.75, 3.05) is 11.8 Å². The van der Waals surface area contributed by atoms with Gasteiger partial charge in [-0.2, -0.15) is 0 Å². The monoisotopic (exact) mass is 363 g/mol. The lowest BCUT2D eigenvalue weighted by atomic mass is 10.1. The first kappa shape index (κ1) is 18.8. The normalized spacial score (nSPS) is 11.2. The van der Waals surface area contributed by atoms with Crippen molar-refractivity contribution in [2.24, 2.45) is 0 Å². The van der Waals surface area contributed by atoms with Crippen LogP contribution in [0, 0.1) is 6.92 Å². The van der Waals surface area contributed by atoms with E-state index in [0.717, 1.165) is 0 Å². The van der Waals surface area contributed by atoms with Crippen LogP contribution in [-0.2, 0) is 14.8 Å². The number of carbonyl (C=O) groups excluding carboxylic acids is 1. The van der Waals surface area contributed by atoms with Crippen LogP contribution in [0.15, 0.2) is 47.4 Å². The van der Waals surface area contributed by atoms with Gasteiger partial charge in [-0.3, -0.25) is 4.72 Å². The lowest BCUT2D eigenvalue weighted by Crippen LogP contribution is -2.14. The van der Waals surface area contributed by atoms with Gasteiger partial charge < -0.3 is 9.47 Å². The Bertz CT molecular complexity index is 858. The topological polar surface area (TPSA) is 81.7 Å². The molecule has 6 nitrogen and oxygen atoms in total. The average molecular weight is 363 g/mol. The van der Waals surface area contributed by atoms with E-state index in [4.69, 9.17) is 4.74 Å². The SMILES string of the molecule is COC(=O)c1cc(S(=O)(=O)Nc2ccc(OC(C)C)cc2)ccc1C. The third-order valence-corrected chi connectivity index (χ3v) is 4.78. The zero-order valence-electron chi connectivity index (χ0n) is 14.6. The first-order valence-corrected chi connectivity index (χ1v) is 9.20. The predicted molar refractivity (Wildman–Crippen MR) is 95.5 cm³/mol. The lowest BCUT2D eigenvalue weighted by molar-refractivity contribution is 0.0599. The Labute approximate surface area is 147 Å². The zero-order chi connectivity index (χ0) is 18.6. The highest BCUT2D eigenvalue weighted by molar-refractivity contribution is 7.92. The summed E-state index contributed by atoms with van der Waals surface area (Å²) < 4.78 is 37.8. The lowest BCUT2D eigenvalue weighted by Gasteiger charge is -2.12. The molecular weight excluding hydrogens is 342 g/mol. The molecule has 0 saturated heterocycles. The largest absolute Gasteiger partial charge is 0.491 e. The number of aryl methyl sites for hydroxylation is 1. The van der Waals surface area contributed by atoms with Gasteiger partial charge in [0.25, 0.3) is 10.0 Å². The van der Waals surface area contributed by atoms with Crippen LogP contribution in [0.25, 0.3) is 0 Å². The first-order chi connectivity index (χ1) is 11.7. The molecule has 0 bridgehead atoms. The van der Waals surface area contributed by atoms with Crippen LogP contribution < -0.4 is 9.46 Å². The molecule has 1 N–H and O–H groups in total. The summed E-state index contributed by atoms with van der Waals surface area (Å²) in [5.41, 5.74) is 1.25. The third kappa shape index (κ3) is 4.73. The maximum absolute atomic E-state index is 12.5. The van der Waals surface area contributed by atoms with Gasteiger partial charge in [-0.15, -0.1) is 0 Å². The fourth-order valence-corrected chi connectivity index (χ4v) is 3.27. The Hall–Kier alpha value is -2.54. The molecule has 0 saturated carbocycles. The van der Waals surface area contributed by atoms with Crippen molar-refractivity contribution in [3.8, 4) is 5.75 Å². The Morgan fingerprint density at radius 3 is 2.28 bits per heavy atom. The summed E-state index contributed by atoms with van der Waals surface area (Å²) in [7, 11) is -2.58. The minimum absolute atomic E-state index is 0.0130. The van der Waals surface area contributed by atoms with Crippen molar-refractivity contribution in [3.63, 3.8) is 0 Å². The molecule has 0 spiro atoms. The quantitative estimate of drug-likeness (QED) is 0.796. The summed E-state index contributed by atoms with van der Waals surface area (Å²) in [6.07, 6.45) is 0.0341. The Morgan fingerprint density at radius 2 is 1.72 bits per heavy atom. The molecule has 2 rings (SSSR count). The summed E-state index contributed by atoms with van der Waals surface area (Å²) in [5, 5.41) is 0. The molecule has 0 atom stereocenters. The molecule has 2 aromatic carbocycles. The van der Waals surface area contributed by atoms with Crippen molar-refractivity contribution in [1.29, 1.82) is 0 Å². The average Bonchev–Trinajstić information content (AvgIpc) is 2.55. The summed E-state index contributed by atoms with van der Waals surface area (Å²) in [5.74, 6) is 0.0750. The smallest absolute Gasteiger partial charge is 0.338 e. The Balaban J connectivity index is 2.26. The van der Waals surface area contributed by atoms with E-state index < -0.39 is 16.0 Å². The molecule has 0 heterocycles. The fourth-order valence-electron chi connectivity index (χ4n) is 2.19. The maximum atomic E-state index is 12.5. The van der Waals surface area contributed by atoms with Gasteiger partial charge in [0, 0.05) is 5.69 Å². The van der Waals surface area contributed by atoms with E-state index >= 15 is 0 Å². The standard InChI is InChI=1S/C18H21NO5S/c1-12(2)24-15-8-6-14(7-9-15)19-25(21,22)16-10-5-13(3)17(11-16)18(20)23-4/h5-12,19H,1-4H3. The highest BCUT2D eigenvalue weighted by Crippen LogP contribution is 2.22. The minimum Gasteiger partial charge on any atom is -0.491 e. The number of anilines is 1. The predicted octanol–water partition coefficient (Wildman–Crippen LogP) is 3.37. The van der Waals surface area contributed by atoms with Crippen LogP contribution in [0.4, 0.5) is 5.69 Å². The number of carbonyl (C=O) groups is 1. The van der Waals surface area contributed by atoms with E-state index in [1.54, 1.807) is 37.3 Å². The van der Waals surface area contributed by atoms with Gasteiger partial charge in [0.05, 0.1) is 23.7 Å². The van der Waals surface area contributed by atoms with Crippen LogP contribution in [0.2, 0.25) is 0 Å². The number of esters is 1. The third-order valence-electron chi connectivity index (χ3n) is 3.40. The van der Waals surface area contributed by atoms with Gasteiger partial charge in [-0.1, -0.05) is 6.07 Å². The van der Waals surface area contributed by atoms with Crippen molar-refractivity contribution < 1.29 is 22.7 Å². The fraction of sp³-hybridized carbons (Fsp3) is 0.278. The highest BCUT2D eigenvalue weighted by atomic mass is 32.2. The van der Waals surface area contributed by atoms with E-state index in [-0.39, 0.29) is 16.6 Å². The van der Waals surface area contributed by atoms with Gasteiger partial charge >= 0.3 is 5.97 Å². The zero-order valence-corrected chi connectivity index (χ0v) is 15.4.